The minimum absolute atomic E-state index is 0.0136. The molecule has 1 amide bonds. The van der Waals surface area contributed by atoms with E-state index in [0.717, 1.165) is 12.8 Å². The highest BCUT2D eigenvalue weighted by atomic mass is 35.5. The van der Waals surface area contributed by atoms with Crippen molar-refractivity contribution in [2.75, 3.05) is 12.4 Å². The van der Waals surface area contributed by atoms with Crippen LogP contribution in [0.15, 0.2) is 24.3 Å². The van der Waals surface area contributed by atoms with Gasteiger partial charge < -0.3 is 5.32 Å². The summed E-state index contributed by atoms with van der Waals surface area (Å²) in [7, 11) is 0. The lowest BCUT2D eigenvalue weighted by atomic mass is 9.90. The number of aryl methyl sites for hydroxylation is 1. The van der Waals surface area contributed by atoms with Gasteiger partial charge in [-0.05, 0) is 36.0 Å². The fraction of sp³-hybridized carbons (Fsp3) is 0.533. The van der Waals surface area contributed by atoms with Crippen LogP contribution in [0.4, 0.5) is 0 Å². The van der Waals surface area contributed by atoms with Crippen LogP contribution in [0.2, 0.25) is 0 Å². The second-order valence-electron chi connectivity index (χ2n) is 5.34. The number of nitrogens with one attached hydrogen (secondary N) is 1. The quantitative estimate of drug-likeness (QED) is 0.784. The third-order valence-electron chi connectivity index (χ3n) is 3.12. The number of amides is 1. The zero-order valence-corrected chi connectivity index (χ0v) is 12.2. The molecule has 2 nitrogen and oxygen atoms in total. The Morgan fingerprint density at radius 2 is 1.89 bits per heavy atom. The highest BCUT2D eigenvalue weighted by Gasteiger charge is 2.18. The Labute approximate surface area is 115 Å². The number of hydrogen-bond donors (Lipinski definition) is 1. The molecule has 0 heterocycles. The normalized spacial score (nSPS) is 11.3. The van der Waals surface area contributed by atoms with Crippen LogP contribution in [0, 0.1) is 5.41 Å². The number of carbonyl (C=O) groups excluding carboxylic acids is 1. The molecule has 3 heteroatoms. The van der Waals surface area contributed by atoms with Gasteiger partial charge in [-0.25, -0.2) is 0 Å². The van der Waals surface area contributed by atoms with E-state index < -0.39 is 0 Å². The summed E-state index contributed by atoms with van der Waals surface area (Å²) in [5.41, 5.74) is 2.00. The molecule has 0 fully saturated rings. The molecule has 0 aromatic heterocycles. The predicted octanol–water partition coefficient (Wildman–Crippen LogP) is 3.63. The number of rotatable bonds is 6. The molecule has 0 aliphatic carbocycles. The zero-order chi connectivity index (χ0) is 13.6. The van der Waals surface area contributed by atoms with E-state index in [1.54, 1.807) is 0 Å². The minimum Gasteiger partial charge on any atom is -0.352 e. The molecule has 0 atom stereocenters. The molecule has 0 aliphatic rings. The number of alkyl halides is 1. The monoisotopic (exact) mass is 267 g/mol. The summed E-state index contributed by atoms with van der Waals surface area (Å²) in [4.78, 5) is 12.0. The van der Waals surface area contributed by atoms with Gasteiger partial charge >= 0.3 is 0 Å². The zero-order valence-electron chi connectivity index (χ0n) is 11.4. The van der Waals surface area contributed by atoms with Crippen LogP contribution in [0.3, 0.4) is 0 Å². The molecule has 0 bridgehead atoms. The van der Waals surface area contributed by atoms with Gasteiger partial charge in [-0.2, -0.15) is 0 Å². The number of carbonyl (C=O) groups is 1. The van der Waals surface area contributed by atoms with Crippen molar-refractivity contribution in [1.29, 1.82) is 0 Å². The molecule has 1 aromatic rings. The smallest absolute Gasteiger partial charge is 0.251 e. The Balaban J connectivity index is 2.54. The van der Waals surface area contributed by atoms with Crippen molar-refractivity contribution in [2.24, 2.45) is 5.41 Å². The first-order valence-corrected chi connectivity index (χ1v) is 6.95. The van der Waals surface area contributed by atoms with E-state index in [9.17, 15) is 4.79 Å². The van der Waals surface area contributed by atoms with E-state index in [-0.39, 0.29) is 11.3 Å². The Kier molecular flexibility index (Phi) is 5.67. The molecule has 0 saturated heterocycles. The fourth-order valence-electron chi connectivity index (χ4n) is 1.66. The highest BCUT2D eigenvalue weighted by molar-refractivity contribution is 6.17. The summed E-state index contributed by atoms with van der Waals surface area (Å²) in [5, 5.41) is 2.96. The van der Waals surface area contributed by atoms with Crippen LogP contribution >= 0.6 is 11.6 Å². The molecule has 0 aliphatic heterocycles. The van der Waals surface area contributed by atoms with Gasteiger partial charge in [-0.15, -0.1) is 11.6 Å². The van der Waals surface area contributed by atoms with Gasteiger partial charge in [0.15, 0.2) is 0 Å². The van der Waals surface area contributed by atoms with Crippen molar-refractivity contribution in [3.63, 3.8) is 0 Å². The van der Waals surface area contributed by atoms with Crippen LogP contribution < -0.4 is 5.32 Å². The number of benzene rings is 1. The van der Waals surface area contributed by atoms with E-state index in [1.807, 2.05) is 24.3 Å². The van der Waals surface area contributed by atoms with Crippen molar-refractivity contribution in [3.05, 3.63) is 35.4 Å². The topological polar surface area (TPSA) is 29.1 Å². The molecule has 0 saturated carbocycles. The van der Waals surface area contributed by atoms with Gasteiger partial charge in [-0.1, -0.05) is 32.9 Å². The first-order chi connectivity index (χ1) is 8.48. The Hall–Kier alpha value is -1.02. The second kappa shape index (κ2) is 6.79. The standard InChI is InChI=1S/C15H22ClNO/c1-4-12-5-7-13(8-6-12)14(18)17-11-15(2,3)9-10-16/h5-8H,4,9-11H2,1-3H3,(H,17,18). The lowest BCUT2D eigenvalue weighted by Crippen LogP contribution is -2.34. The molecular weight excluding hydrogens is 246 g/mol. The summed E-state index contributed by atoms with van der Waals surface area (Å²) in [6, 6.07) is 7.75. The predicted molar refractivity (Wildman–Crippen MR) is 77.3 cm³/mol. The summed E-state index contributed by atoms with van der Waals surface area (Å²) < 4.78 is 0. The maximum atomic E-state index is 12.0. The third-order valence-corrected chi connectivity index (χ3v) is 3.31. The van der Waals surface area contributed by atoms with Gasteiger partial charge in [0.2, 0.25) is 0 Å². The molecule has 100 valence electrons. The molecule has 0 radical (unpaired) electrons. The summed E-state index contributed by atoms with van der Waals surface area (Å²) in [6.07, 6.45) is 1.88. The van der Waals surface area contributed by atoms with Gasteiger partial charge in [0.25, 0.3) is 5.91 Å². The highest BCUT2D eigenvalue weighted by Crippen LogP contribution is 2.19. The first-order valence-electron chi connectivity index (χ1n) is 6.41. The van der Waals surface area contributed by atoms with Crippen molar-refractivity contribution < 1.29 is 4.79 Å². The molecule has 0 spiro atoms. The van der Waals surface area contributed by atoms with Gasteiger partial charge in [0.05, 0.1) is 0 Å². The second-order valence-corrected chi connectivity index (χ2v) is 5.71. The van der Waals surface area contributed by atoms with Crippen molar-refractivity contribution >= 4 is 17.5 Å². The van der Waals surface area contributed by atoms with E-state index >= 15 is 0 Å². The van der Waals surface area contributed by atoms with E-state index in [0.29, 0.717) is 18.0 Å². The maximum absolute atomic E-state index is 12.0. The molecule has 18 heavy (non-hydrogen) atoms. The van der Waals surface area contributed by atoms with Crippen LogP contribution in [0.25, 0.3) is 0 Å². The lowest BCUT2D eigenvalue weighted by Gasteiger charge is -2.23. The Morgan fingerprint density at radius 3 is 2.39 bits per heavy atom. The van der Waals surface area contributed by atoms with Crippen LogP contribution in [-0.4, -0.2) is 18.3 Å². The molecular formula is C15H22ClNO. The first kappa shape index (κ1) is 15.0. The number of hydrogen-bond acceptors (Lipinski definition) is 1. The van der Waals surface area contributed by atoms with Crippen LogP contribution in [-0.2, 0) is 6.42 Å². The van der Waals surface area contributed by atoms with Gasteiger partial charge in [0.1, 0.15) is 0 Å². The van der Waals surface area contributed by atoms with Crippen molar-refractivity contribution in [3.8, 4) is 0 Å². The molecule has 1 N–H and O–H groups in total. The van der Waals surface area contributed by atoms with E-state index in [1.165, 1.54) is 5.56 Å². The number of halogens is 1. The lowest BCUT2D eigenvalue weighted by molar-refractivity contribution is 0.0936. The summed E-state index contributed by atoms with van der Waals surface area (Å²) in [6.45, 7) is 6.96. The van der Waals surface area contributed by atoms with Gasteiger partial charge in [-0.3, -0.25) is 4.79 Å². The van der Waals surface area contributed by atoms with E-state index in [2.05, 4.69) is 26.1 Å². The molecule has 1 aromatic carbocycles. The average Bonchev–Trinajstić information content (AvgIpc) is 2.36. The minimum atomic E-state index is -0.0136. The summed E-state index contributed by atoms with van der Waals surface area (Å²) >= 11 is 5.74. The van der Waals surface area contributed by atoms with E-state index in [4.69, 9.17) is 11.6 Å². The molecule has 1 rings (SSSR count). The van der Waals surface area contributed by atoms with Crippen LogP contribution in [0.5, 0.6) is 0 Å². The maximum Gasteiger partial charge on any atom is 0.251 e. The SMILES string of the molecule is CCc1ccc(C(=O)NCC(C)(C)CCCl)cc1. The Bertz CT molecular complexity index is 384. The van der Waals surface area contributed by atoms with Crippen LogP contribution in [0.1, 0.15) is 43.1 Å². The Morgan fingerprint density at radius 1 is 1.28 bits per heavy atom. The third kappa shape index (κ3) is 4.69. The largest absolute Gasteiger partial charge is 0.352 e. The average molecular weight is 268 g/mol. The fourth-order valence-corrected chi connectivity index (χ4v) is 2.17. The summed E-state index contributed by atoms with van der Waals surface area (Å²) in [5.74, 6) is 0.606. The van der Waals surface area contributed by atoms with Crippen molar-refractivity contribution in [2.45, 2.75) is 33.6 Å². The molecule has 0 unspecified atom stereocenters. The van der Waals surface area contributed by atoms with Gasteiger partial charge in [0, 0.05) is 18.0 Å². The van der Waals surface area contributed by atoms with Crippen molar-refractivity contribution in [1.82, 2.24) is 5.32 Å².